The van der Waals surface area contributed by atoms with E-state index < -0.39 is 57.0 Å². The van der Waals surface area contributed by atoms with Gasteiger partial charge in [0.1, 0.15) is 12.3 Å². The smallest absolute Gasteiger partial charge is 0.406 e. The fourth-order valence-corrected chi connectivity index (χ4v) is 4.65. The summed E-state index contributed by atoms with van der Waals surface area (Å²) >= 11 is 5.63. The molecule has 0 aliphatic heterocycles. The van der Waals surface area contributed by atoms with Crippen LogP contribution in [0.4, 0.5) is 37.7 Å². The highest BCUT2D eigenvalue weighted by Gasteiger charge is 2.35. The Morgan fingerprint density at radius 2 is 1.53 bits per heavy atom. The summed E-state index contributed by atoms with van der Waals surface area (Å²) in [5.74, 6) is -1.54. The summed E-state index contributed by atoms with van der Waals surface area (Å²) in [6.07, 6.45) is -9.83. The second-order valence-corrected chi connectivity index (χ2v) is 9.38. The number of nitrogens with zero attached hydrogens (tertiary/aromatic N) is 1. The van der Waals surface area contributed by atoms with Gasteiger partial charge in [0.15, 0.2) is 0 Å². The number of carbonyl (C=O) groups is 1. The molecule has 0 fully saturated rings. The molecule has 0 unspecified atom stereocenters. The van der Waals surface area contributed by atoms with E-state index in [0.29, 0.717) is 10.4 Å². The van der Waals surface area contributed by atoms with Crippen molar-refractivity contribution < 1.29 is 44.3 Å². The van der Waals surface area contributed by atoms with E-state index in [1.807, 2.05) is 0 Å². The number of sulfonamides is 1. The maximum atomic E-state index is 13.4. The molecule has 0 radical (unpaired) electrons. The lowest BCUT2D eigenvalue weighted by Gasteiger charge is -2.25. The minimum atomic E-state index is -4.93. The first-order valence-electron chi connectivity index (χ1n) is 9.77. The molecule has 3 aromatic carbocycles. The maximum absolute atomic E-state index is 13.4. The van der Waals surface area contributed by atoms with Crippen LogP contribution in [0.5, 0.6) is 5.75 Å². The quantitative estimate of drug-likeness (QED) is 0.360. The molecular weight excluding hydrogens is 538 g/mol. The van der Waals surface area contributed by atoms with Crippen molar-refractivity contribution in [1.29, 1.82) is 0 Å². The van der Waals surface area contributed by atoms with Crippen LogP contribution < -0.4 is 14.4 Å². The van der Waals surface area contributed by atoms with Crippen molar-refractivity contribution in [2.24, 2.45) is 0 Å². The van der Waals surface area contributed by atoms with Gasteiger partial charge >= 0.3 is 12.5 Å². The van der Waals surface area contributed by atoms with Crippen LogP contribution >= 0.6 is 11.6 Å². The average molecular weight is 553 g/mol. The van der Waals surface area contributed by atoms with Crippen LogP contribution in [0.2, 0.25) is 5.02 Å². The molecule has 3 aromatic rings. The molecule has 14 heteroatoms. The summed E-state index contributed by atoms with van der Waals surface area (Å²) in [4.78, 5) is 12.4. The number of nitrogens with one attached hydrogen (secondary N) is 1. The van der Waals surface area contributed by atoms with E-state index in [1.165, 1.54) is 30.3 Å². The van der Waals surface area contributed by atoms with Gasteiger partial charge in [-0.15, -0.1) is 13.2 Å². The SMILES string of the molecule is O=C(CN(c1ccc(Cl)c(C(F)(F)F)c1)S(=O)(=O)c1ccccc1)Nc1ccc(OC(F)(F)F)cc1. The molecule has 36 heavy (non-hydrogen) atoms. The number of hydrogen-bond acceptors (Lipinski definition) is 4. The summed E-state index contributed by atoms with van der Waals surface area (Å²) in [6.45, 7) is -0.961. The molecule has 6 nitrogen and oxygen atoms in total. The highest BCUT2D eigenvalue weighted by Crippen LogP contribution is 2.38. The number of amides is 1. The van der Waals surface area contributed by atoms with Gasteiger partial charge in [-0.25, -0.2) is 8.42 Å². The fourth-order valence-electron chi connectivity index (χ4n) is 2.99. The third-order valence-electron chi connectivity index (χ3n) is 4.53. The highest BCUT2D eigenvalue weighted by molar-refractivity contribution is 7.92. The molecule has 0 bridgehead atoms. The zero-order valence-corrected chi connectivity index (χ0v) is 19.3. The fraction of sp³-hybridized carbons (Fsp3) is 0.136. The molecule has 0 aromatic heterocycles. The molecule has 1 amide bonds. The van der Waals surface area contributed by atoms with E-state index in [2.05, 4.69) is 10.1 Å². The van der Waals surface area contributed by atoms with Crippen molar-refractivity contribution in [3.05, 3.63) is 83.4 Å². The van der Waals surface area contributed by atoms with Crippen LogP contribution in [0.3, 0.4) is 0 Å². The number of benzene rings is 3. The molecule has 3 rings (SSSR count). The summed E-state index contributed by atoms with van der Waals surface area (Å²) in [5, 5.41) is 1.61. The van der Waals surface area contributed by atoms with E-state index in [4.69, 9.17) is 11.6 Å². The molecular formula is C22H15ClF6N2O4S. The monoisotopic (exact) mass is 552 g/mol. The topological polar surface area (TPSA) is 75.7 Å². The van der Waals surface area contributed by atoms with Crippen molar-refractivity contribution in [1.82, 2.24) is 0 Å². The van der Waals surface area contributed by atoms with E-state index >= 15 is 0 Å². The van der Waals surface area contributed by atoms with Gasteiger partial charge in [-0.05, 0) is 54.6 Å². The van der Waals surface area contributed by atoms with Crippen molar-refractivity contribution in [3.8, 4) is 5.75 Å². The highest BCUT2D eigenvalue weighted by atomic mass is 35.5. The Labute approximate surface area is 206 Å². The Morgan fingerprint density at radius 3 is 2.08 bits per heavy atom. The molecule has 0 heterocycles. The summed E-state index contributed by atoms with van der Waals surface area (Å²) < 4.78 is 108. The van der Waals surface area contributed by atoms with Gasteiger partial charge < -0.3 is 10.1 Å². The van der Waals surface area contributed by atoms with Crippen molar-refractivity contribution in [2.45, 2.75) is 17.4 Å². The normalized spacial score (nSPS) is 12.2. The van der Waals surface area contributed by atoms with Gasteiger partial charge in [0.2, 0.25) is 5.91 Å². The van der Waals surface area contributed by atoms with Crippen molar-refractivity contribution >= 4 is 38.9 Å². The summed E-state index contributed by atoms with van der Waals surface area (Å²) in [6, 6.07) is 13.0. The Hall–Kier alpha value is -3.45. The third-order valence-corrected chi connectivity index (χ3v) is 6.65. The molecule has 0 saturated heterocycles. The Kier molecular flexibility index (Phi) is 7.74. The zero-order chi connectivity index (χ0) is 26.7. The predicted molar refractivity (Wildman–Crippen MR) is 119 cm³/mol. The minimum absolute atomic E-state index is 0.0151. The number of carbonyl (C=O) groups excluding carboxylic acids is 1. The maximum Gasteiger partial charge on any atom is 0.573 e. The molecule has 0 spiro atoms. The van der Waals surface area contributed by atoms with Gasteiger partial charge in [0.25, 0.3) is 10.0 Å². The number of ether oxygens (including phenoxy) is 1. The predicted octanol–water partition coefficient (Wildman–Crippen LogP) is 6.09. The molecule has 1 N–H and O–H groups in total. The van der Waals surface area contributed by atoms with Crippen LogP contribution in [-0.4, -0.2) is 27.2 Å². The lowest BCUT2D eigenvalue weighted by Crippen LogP contribution is -2.38. The number of alkyl halides is 6. The minimum Gasteiger partial charge on any atom is -0.406 e. The van der Waals surface area contributed by atoms with Gasteiger partial charge in [0.05, 0.1) is 21.2 Å². The zero-order valence-electron chi connectivity index (χ0n) is 17.8. The third kappa shape index (κ3) is 6.82. The van der Waals surface area contributed by atoms with E-state index in [9.17, 15) is 39.6 Å². The Balaban J connectivity index is 1.93. The van der Waals surface area contributed by atoms with E-state index in [-0.39, 0.29) is 10.6 Å². The number of halogens is 7. The van der Waals surface area contributed by atoms with E-state index in [1.54, 1.807) is 0 Å². The lowest BCUT2D eigenvalue weighted by molar-refractivity contribution is -0.274. The second kappa shape index (κ2) is 10.3. The first-order chi connectivity index (χ1) is 16.7. The Morgan fingerprint density at radius 1 is 0.917 bits per heavy atom. The molecule has 0 aliphatic rings. The van der Waals surface area contributed by atoms with Gasteiger partial charge in [-0.3, -0.25) is 9.10 Å². The van der Waals surface area contributed by atoms with Crippen LogP contribution in [0, 0.1) is 0 Å². The molecule has 0 atom stereocenters. The van der Waals surface area contributed by atoms with Crippen molar-refractivity contribution in [3.63, 3.8) is 0 Å². The molecule has 0 aliphatic carbocycles. The first kappa shape index (κ1) is 27.1. The summed E-state index contributed by atoms with van der Waals surface area (Å²) in [5.41, 5.74) is -1.81. The van der Waals surface area contributed by atoms with Crippen LogP contribution in [0.15, 0.2) is 77.7 Å². The van der Waals surface area contributed by atoms with Crippen LogP contribution in [0.1, 0.15) is 5.56 Å². The van der Waals surface area contributed by atoms with Gasteiger partial charge in [-0.1, -0.05) is 29.8 Å². The summed E-state index contributed by atoms with van der Waals surface area (Å²) in [7, 11) is -4.53. The van der Waals surface area contributed by atoms with Gasteiger partial charge in [-0.2, -0.15) is 13.2 Å². The first-order valence-corrected chi connectivity index (χ1v) is 11.6. The number of rotatable bonds is 7. The van der Waals surface area contributed by atoms with E-state index in [0.717, 1.165) is 36.4 Å². The standard InChI is InChI=1S/C22H15ClF6N2O4S/c23-19-11-8-15(12-18(19)21(24,25)26)31(36(33,34)17-4-2-1-3-5-17)13-20(32)30-14-6-9-16(10-7-14)35-22(27,28)29/h1-12H,13H2,(H,30,32). The molecule has 192 valence electrons. The van der Waals surface area contributed by atoms with Crippen LogP contribution in [0.25, 0.3) is 0 Å². The van der Waals surface area contributed by atoms with Gasteiger partial charge in [0, 0.05) is 5.69 Å². The number of anilines is 2. The number of hydrogen-bond donors (Lipinski definition) is 1. The second-order valence-electron chi connectivity index (χ2n) is 7.11. The average Bonchev–Trinajstić information content (AvgIpc) is 2.78. The largest absolute Gasteiger partial charge is 0.573 e. The Bertz CT molecular complexity index is 1330. The van der Waals surface area contributed by atoms with Crippen molar-refractivity contribution in [2.75, 3.05) is 16.2 Å². The lowest BCUT2D eigenvalue weighted by atomic mass is 10.2. The van der Waals surface area contributed by atoms with Crippen LogP contribution in [-0.2, 0) is 21.0 Å². The molecule has 0 saturated carbocycles.